The van der Waals surface area contributed by atoms with Gasteiger partial charge in [-0.3, -0.25) is 4.79 Å². The Morgan fingerprint density at radius 3 is 3.06 bits per heavy atom. The molecule has 4 heteroatoms. The molecule has 0 saturated carbocycles. The van der Waals surface area contributed by atoms with E-state index in [2.05, 4.69) is 6.92 Å². The zero-order valence-corrected chi connectivity index (χ0v) is 11.5. The molecule has 1 aromatic carbocycles. The van der Waals surface area contributed by atoms with E-state index in [1.807, 2.05) is 40.9 Å². The summed E-state index contributed by atoms with van der Waals surface area (Å²) in [6, 6.07) is 7.79. The molecular weight excluding hydrogens is 246 g/mol. The van der Waals surface area contributed by atoms with Crippen molar-refractivity contribution < 1.29 is 9.53 Å². The number of hydrogen-bond donors (Lipinski definition) is 0. The van der Waals surface area contributed by atoms with Crippen LogP contribution >= 0.6 is 11.8 Å². The van der Waals surface area contributed by atoms with E-state index in [4.69, 9.17) is 4.74 Å². The molecular formula is C14H19NO2S. The van der Waals surface area contributed by atoms with E-state index in [-0.39, 0.29) is 5.91 Å². The first-order valence-electron chi connectivity index (χ1n) is 6.43. The van der Waals surface area contributed by atoms with Gasteiger partial charge in [-0.2, -0.15) is 11.8 Å². The summed E-state index contributed by atoms with van der Waals surface area (Å²) in [5, 5.41) is 0. The molecule has 0 atom stereocenters. The summed E-state index contributed by atoms with van der Waals surface area (Å²) in [7, 11) is 0. The molecule has 1 aliphatic heterocycles. The SMILES string of the molecule is CCSCCCN1C(=O)CCOc2ccccc21. The number of ether oxygens (including phenoxy) is 1. The van der Waals surface area contributed by atoms with E-state index in [0.29, 0.717) is 13.0 Å². The first kappa shape index (κ1) is 13.3. The molecule has 0 radical (unpaired) electrons. The molecule has 0 N–H and O–H groups in total. The van der Waals surface area contributed by atoms with Gasteiger partial charge in [0.1, 0.15) is 5.75 Å². The molecule has 1 amide bonds. The lowest BCUT2D eigenvalue weighted by molar-refractivity contribution is -0.118. The Labute approximate surface area is 113 Å². The van der Waals surface area contributed by atoms with Crippen LogP contribution in [0.15, 0.2) is 24.3 Å². The molecule has 1 heterocycles. The lowest BCUT2D eigenvalue weighted by Gasteiger charge is -2.21. The van der Waals surface area contributed by atoms with Crippen molar-refractivity contribution in [3.63, 3.8) is 0 Å². The molecule has 0 bridgehead atoms. The van der Waals surface area contributed by atoms with Gasteiger partial charge in [0.25, 0.3) is 0 Å². The van der Waals surface area contributed by atoms with Crippen molar-refractivity contribution in [1.29, 1.82) is 0 Å². The van der Waals surface area contributed by atoms with E-state index in [1.54, 1.807) is 0 Å². The maximum atomic E-state index is 12.1. The van der Waals surface area contributed by atoms with Crippen LogP contribution in [0.5, 0.6) is 5.75 Å². The molecule has 2 rings (SSSR count). The van der Waals surface area contributed by atoms with Gasteiger partial charge in [0.2, 0.25) is 5.91 Å². The number of amides is 1. The Bertz CT molecular complexity index is 409. The van der Waals surface area contributed by atoms with Crippen molar-refractivity contribution in [3.8, 4) is 5.75 Å². The van der Waals surface area contributed by atoms with Gasteiger partial charge in [0.05, 0.1) is 18.7 Å². The molecule has 1 aromatic rings. The van der Waals surface area contributed by atoms with Crippen molar-refractivity contribution in [2.75, 3.05) is 29.6 Å². The van der Waals surface area contributed by atoms with E-state index < -0.39 is 0 Å². The van der Waals surface area contributed by atoms with Crippen LogP contribution in [0.1, 0.15) is 19.8 Å². The van der Waals surface area contributed by atoms with Crippen LogP contribution in [-0.4, -0.2) is 30.6 Å². The summed E-state index contributed by atoms with van der Waals surface area (Å²) < 4.78 is 5.61. The van der Waals surface area contributed by atoms with Crippen LogP contribution in [0, 0.1) is 0 Å². The molecule has 0 aliphatic carbocycles. The van der Waals surface area contributed by atoms with Gasteiger partial charge in [0.15, 0.2) is 0 Å². The number of benzene rings is 1. The van der Waals surface area contributed by atoms with Crippen molar-refractivity contribution >= 4 is 23.4 Å². The minimum atomic E-state index is 0.168. The average molecular weight is 265 g/mol. The Kier molecular flexibility index (Phi) is 4.93. The molecule has 0 aromatic heterocycles. The zero-order chi connectivity index (χ0) is 12.8. The fourth-order valence-electron chi connectivity index (χ4n) is 2.03. The number of anilines is 1. The smallest absolute Gasteiger partial charge is 0.230 e. The lowest BCUT2D eigenvalue weighted by atomic mass is 10.2. The normalized spacial score (nSPS) is 14.9. The highest BCUT2D eigenvalue weighted by atomic mass is 32.2. The fourth-order valence-corrected chi connectivity index (χ4v) is 2.66. The van der Waals surface area contributed by atoms with Crippen LogP contribution < -0.4 is 9.64 Å². The molecule has 18 heavy (non-hydrogen) atoms. The second-order valence-corrected chi connectivity index (χ2v) is 5.56. The third kappa shape index (κ3) is 3.19. The van der Waals surface area contributed by atoms with Crippen molar-refractivity contribution in [2.24, 2.45) is 0 Å². The number of carbonyl (C=O) groups excluding carboxylic acids is 1. The lowest BCUT2D eigenvalue weighted by Crippen LogP contribution is -2.31. The summed E-state index contributed by atoms with van der Waals surface area (Å²) in [6.07, 6.45) is 1.49. The fraction of sp³-hybridized carbons (Fsp3) is 0.500. The predicted molar refractivity (Wildman–Crippen MR) is 76.5 cm³/mol. The third-order valence-corrected chi connectivity index (χ3v) is 3.89. The Morgan fingerprint density at radius 1 is 1.39 bits per heavy atom. The molecule has 98 valence electrons. The summed E-state index contributed by atoms with van der Waals surface area (Å²) in [6.45, 7) is 3.42. The zero-order valence-electron chi connectivity index (χ0n) is 10.7. The summed E-state index contributed by atoms with van der Waals surface area (Å²) >= 11 is 1.92. The van der Waals surface area contributed by atoms with Gasteiger partial charge >= 0.3 is 0 Å². The minimum absolute atomic E-state index is 0.168. The van der Waals surface area contributed by atoms with Crippen LogP contribution in [0.25, 0.3) is 0 Å². The number of rotatable bonds is 5. The monoisotopic (exact) mass is 265 g/mol. The topological polar surface area (TPSA) is 29.5 Å². The third-order valence-electron chi connectivity index (χ3n) is 2.91. The molecule has 0 spiro atoms. The molecule has 1 aliphatic rings. The molecule has 0 fully saturated rings. The predicted octanol–water partition coefficient (Wildman–Crippen LogP) is 2.95. The summed E-state index contributed by atoms with van der Waals surface area (Å²) in [4.78, 5) is 14.0. The van der Waals surface area contributed by atoms with Crippen LogP contribution in [0.2, 0.25) is 0 Å². The van der Waals surface area contributed by atoms with Gasteiger partial charge < -0.3 is 9.64 Å². The van der Waals surface area contributed by atoms with Crippen molar-refractivity contribution in [2.45, 2.75) is 19.8 Å². The first-order chi connectivity index (χ1) is 8.83. The van der Waals surface area contributed by atoms with Crippen molar-refractivity contribution in [1.82, 2.24) is 0 Å². The number of nitrogens with zero attached hydrogens (tertiary/aromatic N) is 1. The number of hydrogen-bond acceptors (Lipinski definition) is 3. The van der Waals surface area contributed by atoms with Gasteiger partial charge in [-0.1, -0.05) is 19.1 Å². The number of para-hydroxylation sites is 2. The maximum Gasteiger partial charge on any atom is 0.230 e. The van der Waals surface area contributed by atoms with Crippen molar-refractivity contribution in [3.05, 3.63) is 24.3 Å². The summed E-state index contributed by atoms with van der Waals surface area (Å²) in [5.74, 6) is 3.23. The van der Waals surface area contributed by atoms with Crippen LogP contribution in [0.3, 0.4) is 0 Å². The highest BCUT2D eigenvalue weighted by molar-refractivity contribution is 7.99. The van der Waals surface area contributed by atoms with Crippen LogP contribution in [-0.2, 0) is 4.79 Å². The van der Waals surface area contributed by atoms with E-state index in [0.717, 1.165) is 35.9 Å². The van der Waals surface area contributed by atoms with E-state index in [1.165, 1.54) is 0 Å². The quantitative estimate of drug-likeness (QED) is 0.767. The number of carbonyl (C=O) groups is 1. The first-order valence-corrected chi connectivity index (χ1v) is 7.58. The number of thioether (sulfide) groups is 1. The number of fused-ring (bicyclic) bond motifs is 1. The van der Waals surface area contributed by atoms with Gasteiger partial charge in [0, 0.05) is 6.54 Å². The second-order valence-electron chi connectivity index (χ2n) is 4.16. The highest BCUT2D eigenvalue weighted by Gasteiger charge is 2.22. The molecule has 0 saturated heterocycles. The van der Waals surface area contributed by atoms with E-state index in [9.17, 15) is 4.79 Å². The largest absolute Gasteiger partial charge is 0.491 e. The Balaban J connectivity index is 2.08. The Hall–Kier alpha value is -1.16. The Morgan fingerprint density at radius 2 is 2.22 bits per heavy atom. The van der Waals surface area contributed by atoms with E-state index >= 15 is 0 Å². The van der Waals surface area contributed by atoms with Gasteiger partial charge in [-0.25, -0.2) is 0 Å². The van der Waals surface area contributed by atoms with Gasteiger partial charge in [-0.05, 0) is 30.1 Å². The highest BCUT2D eigenvalue weighted by Crippen LogP contribution is 2.31. The maximum absolute atomic E-state index is 12.1. The van der Waals surface area contributed by atoms with Gasteiger partial charge in [-0.15, -0.1) is 0 Å². The average Bonchev–Trinajstić information content (AvgIpc) is 2.54. The molecule has 3 nitrogen and oxygen atoms in total. The van der Waals surface area contributed by atoms with Crippen LogP contribution in [0.4, 0.5) is 5.69 Å². The summed E-state index contributed by atoms with van der Waals surface area (Å²) in [5.41, 5.74) is 0.918. The minimum Gasteiger partial charge on any atom is -0.491 e. The second kappa shape index (κ2) is 6.69. The molecule has 0 unspecified atom stereocenters. The standard InChI is InChI=1S/C14H19NO2S/c1-2-18-11-5-9-15-12-6-3-4-7-13(12)17-10-8-14(15)16/h3-4,6-7H,2,5,8-11H2,1H3.